The molecule has 25 heavy (non-hydrogen) atoms. The van der Waals surface area contributed by atoms with Crippen LogP contribution in [0, 0.1) is 0 Å². The van der Waals surface area contributed by atoms with Gasteiger partial charge in [-0.15, -0.1) is 0 Å². The monoisotopic (exact) mass is 349 g/mol. The third kappa shape index (κ3) is 9.54. The lowest BCUT2D eigenvalue weighted by Crippen LogP contribution is -2.39. The first-order valence-electron chi connectivity index (χ1n) is 8.72. The maximum absolute atomic E-state index is 12.4. The van der Waals surface area contributed by atoms with E-state index in [1.807, 2.05) is 39.8 Å². The average Bonchev–Trinajstić information content (AvgIpc) is 2.55. The zero-order valence-corrected chi connectivity index (χ0v) is 15.8. The van der Waals surface area contributed by atoms with Crippen molar-refractivity contribution in [2.45, 2.75) is 52.7 Å². The van der Waals surface area contributed by atoms with E-state index in [1.165, 1.54) is 0 Å². The molecule has 0 unspecified atom stereocenters. The molecule has 7 nitrogen and oxygen atoms in total. The van der Waals surface area contributed by atoms with Crippen LogP contribution in [-0.4, -0.2) is 47.2 Å². The standard InChI is InChI=1S/C18H31N5O2/c1-5-9-21-16(19)22-11-7-12-23(17(24)25-18(2,3)4)14-15-8-6-10-20-13-15/h6,8,10,13H,5,7,9,11-12,14H2,1-4H3,(H3,19,21,22). The fourth-order valence-corrected chi connectivity index (χ4v) is 2.05. The van der Waals surface area contributed by atoms with Gasteiger partial charge in [0.15, 0.2) is 5.96 Å². The Morgan fingerprint density at radius 1 is 1.44 bits per heavy atom. The number of nitrogens with two attached hydrogens (primary N) is 1. The van der Waals surface area contributed by atoms with Crippen molar-refractivity contribution in [2.75, 3.05) is 19.6 Å². The Bertz CT molecular complexity index is 540. The van der Waals surface area contributed by atoms with E-state index in [0.29, 0.717) is 32.1 Å². The summed E-state index contributed by atoms with van der Waals surface area (Å²) in [5, 5.41) is 3.06. The van der Waals surface area contributed by atoms with Crippen molar-refractivity contribution in [3.63, 3.8) is 0 Å². The Kier molecular flexibility index (Phi) is 8.74. The number of amides is 1. The Balaban J connectivity index is 2.57. The van der Waals surface area contributed by atoms with Gasteiger partial charge in [-0.2, -0.15) is 0 Å². The molecule has 0 aliphatic rings. The number of pyridine rings is 1. The molecule has 1 aromatic heterocycles. The van der Waals surface area contributed by atoms with E-state index >= 15 is 0 Å². The summed E-state index contributed by atoms with van der Waals surface area (Å²) in [6.07, 6.45) is 4.83. The van der Waals surface area contributed by atoms with Crippen LogP contribution in [0.15, 0.2) is 29.5 Å². The summed E-state index contributed by atoms with van der Waals surface area (Å²) in [4.78, 5) is 22.4. The number of aliphatic imine (C=N–C) groups is 1. The molecule has 0 aromatic carbocycles. The van der Waals surface area contributed by atoms with Crippen LogP contribution in [0.2, 0.25) is 0 Å². The smallest absolute Gasteiger partial charge is 0.410 e. The van der Waals surface area contributed by atoms with Crippen LogP contribution >= 0.6 is 0 Å². The molecule has 1 amide bonds. The number of nitrogens with one attached hydrogen (secondary N) is 1. The summed E-state index contributed by atoms with van der Waals surface area (Å²) >= 11 is 0. The highest BCUT2D eigenvalue weighted by molar-refractivity contribution is 5.77. The van der Waals surface area contributed by atoms with Gasteiger partial charge >= 0.3 is 6.09 Å². The van der Waals surface area contributed by atoms with Gasteiger partial charge in [0.25, 0.3) is 0 Å². The minimum atomic E-state index is -0.528. The van der Waals surface area contributed by atoms with Crippen molar-refractivity contribution in [3.8, 4) is 0 Å². The fourth-order valence-electron chi connectivity index (χ4n) is 2.05. The van der Waals surface area contributed by atoms with E-state index in [0.717, 1.165) is 18.4 Å². The van der Waals surface area contributed by atoms with E-state index in [9.17, 15) is 4.79 Å². The predicted molar refractivity (Wildman–Crippen MR) is 100 cm³/mol. The predicted octanol–water partition coefficient (Wildman–Crippen LogP) is 2.52. The summed E-state index contributed by atoms with van der Waals surface area (Å²) in [7, 11) is 0. The topological polar surface area (TPSA) is 92.8 Å². The number of hydrogen-bond donors (Lipinski definition) is 2. The zero-order valence-electron chi connectivity index (χ0n) is 15.8. The van der Waals surface area contributed by atoms with Crippen molar-refractivity contribution in [2.24, 2.45) is 10.7 Å². The molecule has 3 N–H and O–H groups in total. The Hall–Kier alpha value is -2.31. The van der Waals surface area contributed by atoms with Gasteiger partial charge in [-0.1, -0.05) is 13.0 Å². The summed E-state index contributed by atoms with van der Waals surface area (Å²) < 4.78 is 5.50. The molecular formula is C18H31N5O2. The molecular weight excluding hydrogens is 318 g/mol. The van der Waals surface area contributed by atoms with Crippen LogP contribution < -0.4 is 11.1 Å². The van der Waals surface area contributed by atoms with E-state index in [2.05, 4.69) is 15.3 Å². The van der Waals surface area contributed by atoms with Crippen molar-refractivity contribution >= 4 is 12.1 Å². The van der Waals surface area contributed by atoms with Crippen molar-refractivity contribution in [1.82, 2.24) is 15.2 Å². The number of carbonyl (C=O) groups is 1. The molecule has 0 saturated carbocycles. The van der Waals surface area contributed by atoms with E-state index in [-0.39, 0.29) is 6.09 Å². The Morgan fingerprint density at radius 3 is 2.80 bits per heavy atom. The van der Waals surface area contributed by atoms with E-state index in [4.69, 9.17) is 10.5 Å². The van der Waals surface area contributed by atoms with Gasteiger partial charge in [0.05, 0.1) is 6.54 Å². The Labute approximate surface area is 150 Å². The third-order valence-corrected chi connectivity index (χ3v) is 3.16. The van der Waals surface area contributed by atoms with Crippen LogP contribution in [-0.2, 0) is 11.3 Å². The average molecular weight is 349 g/mol. The lowest BCUT2D eigenvalue weighted by atomic mass is 10.2. The van der Waals surface area contributed by atoms with Gasteiger partial charge in [-0.25, -0.2) is 4.79 Å². The molecule has 0 radical (unpaired) electrons. The molecule has 0 aliphatic carbocycles. The second-order valence-electron chi connectivity index (χ2n) is 6.81. The van der Waals surface area contributed by atoms with E-state index in [1.54, 1.807) is 17.3 Å². The van der Waals surface area contributed by atoms with Crippen LogP contribution in [0.4, 0.5) is 4.79 Å². The molecule has 140 valence electrons. The van der Waals surface area contributed by atoms with Crippen LogP contribution in [0.1, 0.15) is 46.1 Å². The molecule has 0 spiro atoms. The summed E-state index contributed by atoms with van der Waals surface area (Å²) in [5.74, 6) is 0.443. The van der Waals surface area contributed by atoms with Crippen LogP contribution in [0.3, 0.4) is 0 Å². The molecule has 0 fully saturated rings. The number of nitrogens with zero attached hydrogens (tertiary/aromatic N) is 3. The highest BCUT2D eigenvalue weighted by atomic mass is 16.6. The fraction of sp³-hybridized carbons (Fsp3) is 0.611. The summed E-state index contributed by atoms with van der Waals surface area (Å²) in [6, 6.07) is 3.80. The minimum Gasteiger partial charge on any atom is -0.444 e. The molecule has 1 rings (SSSR count). The number of rotatable bonds is 8. The summed E-state index contributed by atoms with van der Waals surface area (Å²) in [6.45, 7) is 10.0. The van der Waals surface area contributed by atoms with Gasteiger partial charge in [0.1, 0.15) is 5.60 Å². The maximum Gasteiger partial charge on any atom is 0.410 e. The second kappa shape index (κ2) is 10.5. The first kappa shape index (κ1) is 20.7. The van der Waals surface area contributed by atoms with Crippen molar-refractivity contribution in [1.29, 1.82) is 0 Å². The largest absolute Gasteiger partial charge is 0.444 e. The molecule has 1 aromatic rings. The van der Waals surface area contributed by atoms with Crippen molar-refractivity contribution < 1.29 is 9.53 Å². The molecule has 7 heteroatoms. The minimum absolute atomic E-state index is 0.330. The number of guanidine groups is 1. The molecule has 0 atom stereocenters. The number of carbonyl (C=O) groups excluding carboxylic acids is 1. The van der Waals surface area contributed by atoms with E-state index < -0.39 is 5.60 Å². The number of ether oxygens (including phenoxy) is 1. The molecule has 0 bridgehead atoms. The summed E-state index contributed by atoms with van der Waals surface area (Å²) in [5.41, 5.74) is 6.20. The normalized spacial score (nSPS) is 11.9. The Morgan fingerprint density at radius 2 is 2.20 bits per heavy atom. The second-order valence-corrected chi connectivity index (χ2v) is 6.81. The highest BCUT2D eigenvalue weighted by Gasteiger charge is 2.22. The van der Waals surface area contributed by atoms with Gasteiger partial charge < -0.3 is 20.7 Å². The van der Waals surface area contributed by atoms with Gasteiger partial charge in [-0.05, 0) is 45.2 Å². The first-order chi connectivity index (χ1) is 11.8. The molecule has 1 heterocycles. The highest BCUT2D eigenvalue weighted by Crippen LogP contribution is 2.12. The number of aromatic nitrogens is 1. The number of hydrogen-bond acceptors (Lipinski definition) is 4. The van der Waals surface area contributed by atoms with Crippen molar-refractivity contribution in [3.05, 3.63) is 30.1 Å². The maximum atomic E-state index is 12.4. The third-order valence-electron chi connectivity index (χ3n) is 3.16. The van der Waals surface area contributed by atoms with Crippen LogP contribution in [0.25, 0.3) is 0 Å². The van der Waals surface area contributed by atoms with Crippen LogP contribution in [0.5, 0.6) is 0 Å². The lowest BCUT2D eigenvalue weighted by molar-refractivity contribution is 0.0232. The first-order valence-corrected chi connectivity index (χ1v) is 8.72. The van der Waals surface area contributed by atoms with Gasteiger partial charge in [0.2, 0.25) is 0 Å². The quantitative estimate of drug-likeness (QED) is 0.427. The zero-order chi connectivity index (χ0) is 18.7. The SMILES string of the molecule is CCCN=C(N)NCCCN(Cc1cccnc1)C(=O)OC(C)(C)C. The van der Waals surface area contributed by atoms with Gasteiger partial charge in [-0.3, -0.25) is 9.98 Å². The lowest BCUT2D eigenvalue weighted by Gasteiger charge is -2.27. The molecule has 0 saturated heterocycles. The molecule has 0 aliphatic heterocycles. The van der Waals surface area contributed by atoms with Gasteiger partial charge in [0, 0.05) is 32.0 Å².